The molecule has 3 aliphatic rings. The van der Waals surface area contributed by atoms with Crippen LogP contribution in [0.4, 0.5) is 5.69 Å². The highest BCUT2D eigenvalue weighted by atomic mass is 28.4. The molecule has 0 spiro atoms. The second kappa shape index (κ2) is 6.19. The third kappa shape index (κ3) is 2.75. The number of fused-ring (bicyclic) bond motifs is 6. The molecule has 2 bridgehead atoms. The summed E-state index contributed by atoms with van der Waals surface area (Å²) in [4.78, 5) is 0. The highest BCUT2D eigenvalue weighted by Gasteiger charge is 2.68. The summed E-state index contributed by atoms with van der Waals surface area (Å²) in [6, 6.07) is 5.88. The standard InChI is InChI=1S/C21H33NO5Si/c1-19(2,3)28(6,7)25-12-16-18-21(23)20(4,11-17(26-16)27-18)14-10-13(24-5)8-9-15(14)22-21/h8-10,16-18,22-23H,11-12H2,1-7H3/t16-,17+,18+,20+,21-/m1/s1. The second-order valence-corrected chi connectivity index (χ2v) is 14.9. The summed E-state index contributed by atoms with van der Waals surface area (Å²) in [5.41, 5.74) is 0.181. The molecule has 156 valence electrons. The van der Waals surface area contributed by atoms with Gasteiger partial charge < -0.3 is 29.1 Å². The topological polar surface area (TPSA) is 69.2 Å². The van der Waals surface area contributed by atoms with Gasteiger partial charge in [-0.15, -0.1) is 0 Å². The van der Waals surface area contributed by atoms with Gasteiger partial charge >= 0.3 is 0 Å². The number of rotatable bonds is 4. The van der Waals surface area contributed by atoms with E-state index in [-0.39, 0.29) is 17.4 Å². The van der Waals surface area contributed by atoms with Gasteiger partial charge in [0.15, 0.2) is 20.3 Å². The van der Waals surface area contributed by atoms with Crippen molar-refractivity contribution in [2.24, 2.45) is 0 Å². The summed E-state index contributed by atoms with van der Waals surface area (Å²) in [5.74, 6) is 0.781. The first-order valence-electron chi connectivity index (χ1n) is 10.1. The molecular weight excluding hydrogens is 374 g/mol. The normalized spacial score (nSPS) is 36.6. The van der Waals surface area contributed by atoms with Crippen molar-refractivity contribution in [3.05, 3.63) is 23.8 Å². The van der Waals surface area contributed by atoms with Crippen molar-refractivity contribution < 1.29 is 23.7 Å². The highest BCUT2D eigenvalue weighted by Crippen LogP contribution is 2.57. The molecule has 6 nitrogen and oxygen atoms in total. The van der Waals surface area contributed by atoms with Gasteiger partial charge in [0.1, 0.15) is 18.0 Å². The van der Waals surface area contributed by atoms with Crippen LogP contribution in [0.1, 0.15) is 39.7 Å². The van der Waals surface area contributed by atoms with E-state index in [0.717, 1.165) is 17.0 Å². The number of ether oxygens (including phenoxy) is 3. The van der Waals surface area contributed by atoms with Crippen molar-refractivity contribution in [3.63, 3.8) is 0 Å². The van der Waals surface area contributed by atoms with Crippen molar-refractivity contribution in [3.8, 4) is 5.75 Å². The molecule has 3 aliphatic heterocycles. The molecule has 0 amide bonds. The second-order valence-electron chi connectivity index (χ2n) is 10.1. The van der Waals surface area contributed by atoms with Gasteiger partial charge in [0.2, 0.25) is 0 Å². The molecule has 2 saturated heterocycles. The Morgan fingerprint density at radius 2 is 2.00 bits per heavy atom. The van der Waals surface area contributed by atoms with E-state index in [2.05, 4.69) is 46.1 Å². The number of hydrogen-bond acceptors (Lipinski definition) is 6. The first-order chi connectivity index (χ1) is 12.9. The number of methoxy groups -OCH3 is 1. The maximum absolute atomic E-state index is 11.8. The smallest absolute Gasteiger partial charge is 0.192 e. The predicted molar refractivity (Wildman–Crippen MR) is 110 cm³/mol. The monoisotopic (exact) mass is 407 g/mol. The van der Waals surface area contributed by atoms with Crippen molar-refractivity contribution in [2.75, 3.05) is 19.0 Å². The lowest BCUT2D eigenvalue weighted by Gasteiger charge is -2.47. The molecule has 7 heteroatoms. The van der Waals surface area contributed by atoms with Crippen LogP contribution in [-0.4, -0.2) is 51.4 Å². The fourth-order valence-corrected chi connectivity index (χ4v) is 5.41. The Morgan fingerprint density at radius 1 is 1.29 bits per heavy atom. The van der Waals surface area contributed by atoms with Crippen LogP contribution in [0.3, 0.4) is 0 Å². The zero-order chi connectivity index (χ0) is 20.5. The summed E-state index contributed by atoms with van der Waals surface area (Å²) < 4.78 is 24.1. The molecule has 28 heavy (non-hydrogen) atoms. The minimum absolute atomic E-state index is 0.116. The van der Waals surface area contributed by atoms with E-state index in [1.165, 1.54) is 0 Å². The van der Waals surface area contributed by atoms with Crippen LogP contribution < -0.4 is 10.1 Å². The number of aliphatic hydroxyl groups is 1. The third-order valence-corrected chi connectivity index (χ3v) is 11.9. The molecule has 5 atom stereocenters. The quantitative estimate of drug-likeness (QED) is 0.743. The van der Waals surface area contributed by atoms with Crippen molar-refractivity contribution in [1.29, 1.82) is 0 Å². The molecule has 0 radical (unpaired) electrons. The van der Waals surface area contributed by atoms with Gasteiger partial charge in [-0.1, -0.05) is 27.7 Å². The summed E-state index contributed by atoms with van der Waals surface area (Å²) in [6.45, 7) is 13.6. The largest absolute Gasteiger partial charge is 0.497 e. The summed E-state index contributed by atoms with van der Waals surface area (Å²) in [5, 5.41) is 15.3. The third-order valence-electron chi connectivity index (χ3n) is 7.35. The van der Waals surface area contributed by atoms with E-state index >= 15 is 0 Å². The maximum Gasteiger partial charge on any atom is 0.192 e. The fraction of sp³-hybridized carbons (Fsp3) is 0.714. The van der Waals surface area contributed by atoms with Gasteiger partial charge in [-0.05, 0) is 41.9 Å². The zero-order valence-corrected chi connectivity index (χ0v) is 19.0. The van der Waals surface area contributed by atoms with Gasteiger partial charge in [-0.25, -0.2) is 0 Å². The fourth-order valence-electron chi connectivity index (χ4n) is 4.40. The minimum atomic E-state index is -1.92. The molecule has 0 saturated carbocycles. The molecule has 1 aromatic rings. The molecule has 4 rings (SSSR count). The van der Waals surface area contributed by atoms with Gasteiger partial charge in [-0.3, -0.25) is 0 Å². The van der Waals surface area contributed by atoms with Crippen LogP contribution >= 0.6 is 0 Å². The Kier molecular flexibility index (Phi) is 4.45. The van der Waals surface area contributed by atoms with Gasteiger partial charge in [-0.2, -0.15) is 0 Å². The van der Waals surface area contributed by atoms with E-state index in [1.807, 2.05) is 18.2 Å². The molecule has 2 N–H and O–H groups in total. The van der Waals surface area contributed by atoms with E-state index in [9.17, 15) is 5.11 Å². The lowest BCUT2D eigenvalue weighted by molar-refractivity contribution is -0.186. The van der Waals surface area contributed by atoms with E-state index in [0.29, 0.717) is 13.0 Å². The van der Waals surface area contributed by atoms with Crippen LogP contribution in [0.5, 0.6) is 5.75 Å². The summed E-state index contributed by atoms with van der Waals surface area (Å²) in [7, 11) is -0.267. The average Bonchev–Trinajstić information content (AvgIpc) is 3.08. The first-order valence-corrected chi connectivity index (χ1v) is 13.0. The maximum atomic E-state index is 11.8. The Hall–Kier alpha value is -1.12. The zero-order valence-electron chi connectivity index (χ0n) is 18.0. The predicted octanol–water partition coefficient (Wildman–Crippen LogP) is 3.60. The number of hydrogen-bond donors (Lipinski definition) is 2. The molecular formula is C21H33NO5Si. The molecule has 1 aromatic carbocycles. The van der Waals surface area contributed by atoms with Gasteiger partial charge in [0.05, 0.1) is 13.7 Å². The van der Waals surface area contributed by atoms with Gasteiger partial charge in [0, 0.05) is 17.5 Å². The van der Waals surface area contributed by atoms with Crippen LogP contribution in [-0.2, 0) is 19.3 Å². The number of benzene rings is 1. The van der Waals surface area contributed by atoms with Crippen LogP contribution in [0.25, 0.3) is 0 Å². The Balaban J connectivity index is 1.61. The van der Waals surface area contributed by atoms with Crippen molar-refractivity contribution in [2.45, 2.75) is 81.9 Å². The highest BCUT2D eigenvalue weighted by molar-refractivity contribution is 6.74. The summed E-state index contributed by atoms with van der Waals surface area (Å²) in [6.07, 6.45) is -0.583. The molecule has 2 fully saturated rings. The summed E-state index contributed by atoms with van der Waals surface area (Å²) >= 11 is 0. The minimum Gasteiger partial charge on any atom is -0.497 e. The first kappa shape index (κ1) is 20.2. The van der Waals surface area contributed by atoms with Gasteiger partial charge in [0.25, 0.3) is 0 Å². The van der Waals surface area contributed by atoms with E-state index in [4.69, 9.17) is 18.6 Å². The Bertz CT molecular complexity index is 779. The Labute approximate surface area is 168 Å². The van der Waals surface area contributed by atoms with Crippen LogP contribution in [0, 0.1) is 0 Å². The van der Waals surface area contributed by atoms with Crippen molar-refractivity contribution >= 4 is 14.0 Å². The van der Waals surface area contributed by atoms with Crippen molar-refractivity contribution in [1.82, 2.24) is 0 Å². The Morgan fingerprint density at radius 3 is 2.64 bits per heavy atom. The number of nitrogens with one attached hydrogen (secondary N) is 1. The lowest BCUT2D eigenvalue weighted by Crippen LogP contribution is -2.64. The van der Waals surface area contributed by atoms with E-state index < -0.39 is 25.6 Å². The molecule has 0 aromatic heterocycles. The SMILES string of the molecule is COc1ccc2c(c1)[C@]1(C)C[C@H]3O[C@H](CO[Si](C)(C)C(C)(C)C)[C@H](O3)[C@]1(O)N2. The van der Waals surface area contributed by atoms with Crippen LogP contribution in [0.15, 0.2) is 18.2 Å². The number of anilines is 1. The lowest BCUT2D eigenvalue weighted by atomic mass is 9.69. The molecule has 0 aliphatic carbocycles. The molecule has 3 heterocycles. The average molecular weight is 408 g/mol. The van der Waals surface area contributed by atoms with Crippen LogP contribution in [0.2, 0.25) is 18.1 Å². The van der Waals surface area contributed by atoms with E-state index in [1.54, 1.807) is 7.11 Å². The molecule has 0 unspecified atom stereocenters.